The number of carbonyl (C=O) groups is 2. The van der Waals surface area contributed by atoms with Crippen molar-refractivity contribution in [3.05, 3.63) is 92.2 Å². The molecule has 0 saturated carbocycles. The van der Waals surface area contributed by atoms with Crippen LogP contribution in [0.3, 0.4) is 0 Å². The van der Waals surface area contributed by atoms with Gasteiger partial charge >= 0.3 is 5.91 Å². The first kappa shape index (κ1) is 20.3. The summed E-state index contributed by atoms with van der Waals surface area (Å²) in [4.78, 5) is 37.6. The molecule has 1 fully saturated rings. The number of ketones is 1. The lowest BCUT2D eigenvalue weighted by atomic mass is 9.95. The summed E-state index contributed by atoms with van der Waals surface area (Å²) in [6.45, 7) is 1.61. The van der Waals surface area contributed by atoms with E-state index in [0.717, 1.165) is 4.90 Å². The minimum atomic E-state index is -1.15. The van der Waals surface area contributed by atoms with E-state index in [4.69, 9.17) is 16.1 Å². The maximum absolute atomic E-state index is 13.0. The van der Waals surface area contributed by atoms with Crippen molar-refractivity contribution >= 4 is 40.6 Å². The maximum Gasteiger partial charge on any atom is 0.301 e. The van der Waals surface area contributed by atoms with Crippen molar-refractivity contribution in [2.75, 3.05) is 4.90 Å². The summed E-state index contributed by atoms with van der Waals surface area (Å²) < 4.78 is 5.04. The van der Waals surface area contributed by atoms with Gasteiger partial charge in [-0.1, -0.05) is 28.9 Å². The van der Waals surface area contributed by atoms with E-state index in [0.29, 0.717) is 10.8 Å². The van der Waals surface area contributed by atoms with Crippen molar-refractivity contribution in [3.63, 3.8) is 0 Å². The molecule has 4 rings (SSSR count). The Labute approximate surface area is 180 Å². The van der Waals surface area contributed by atoms with Crippen molar-refractivity contribution < 1.29 is 24.1 Å². The van der Waals surface area contributed by atoms with E-state index in [1.807, 2.05) is 0 Å². The van der Waals surface area contributed by atoms with Crippen LogP contribution in [0.1, 0.15) is 22.9 Å². The number of aliphatic hydroxyl groups is 1. The SMILES string of the molecule is Cc1cc(N2C(=O)C(=O)C(=C(O)c3ccc(Cl)cc3)[C@H]2c2cccc([N+](=O)[O-])c2)no1. The molecule has 0 unspecified atom stereocenters. The molecule has 1 saturated heterocycles. The molecule has 1 aliphatic heterocycles. The second-order valence-electron chi connectivity index (χ2n) is 6.82. The molecule has 2 heterocycles. The number of aromatic nitrogens is 1. The lowest BCUT2D eigenvalue weighted by molar-refractivity contribution is -0.384. The van der Waals surface area contributed by atoms with Crippen LogP contribution in [0.5, 0.6) is 0 Å². The van der Waals surface area contributed by atoms with Crippen molar-refractivity contribution in [2.24, 2.45) is 0 Å². The number of hydrogen-bond acceptors (Lipinski definition) is 7. The highest BCUT2D eigenvalue weighted by atomic mass is 35.5. The molecule has 156 valence electrons. The molecule has 1 amide bonds. The highest BCUT2D eigenvalue weighted by Gasteiger charge is 2.48. The van der Waals surface area contributed by atoms with Crippen molar-refractivity contribution in [1.29, 1.82) is 0 Å². The lowest BCUT2D eigenvalue weighted by Crippen LogP contribution is -2.29. The van der Waals surface area contributed by atoms with E-state index >= 15 is 0 Å². The average Bonchev–Trinajstić information content (AvgIpc) is 3.29. The summed E-state index contributed by atoms with van der Waals surface area (Å²) in [6, 6.07) is 11.8. The summed E-state index contributed by atoms with van der Waals surface area (Å²) in [6.07, 6.45) is 0. The van der Waals surface area contributed by atoms with Gasteiger partial charge in [-0.15, -0.1) is 0 Å². The molecule has 0 aliphatic carbocycles. The van der Waals surface area contributed by atoms with Gasteiger partial charge in [-0.3, -0.25) is 24.6 Å². The van der Waals surface area contributed by atoms with Crippen LogP contribution in [-0.4, -0.2) is 26.9 Å². The van der Waals surface area contributed by atoms with Crippen molar-refractivity contribution in [1.82, 2.24) is 5.16 Å². The van der Waals surface area contributed by atoms with Gasteiger partial charge in [-0.25, -0.2) is 0 Å². The van der Waals surface area contributed by atoms with Gasteiger partial charge in [0.25, 0.3) is 11.5 Å². The van der Waals surface area contributed by atoms with Crippen LogP contribution in [0.2, 0.25) is 5.02 Å². The van der Waals surface area contributed by atoms with E-state index in [1.54, 1.807) is 6.92 Å². The molecule has 9 nitrogen and oxygen atoms in total. The van der Waals surface area contributed by atoms with E-state index < -0.39 is 28.4 Å². The first-order valence-electron chi connectivity index (χ1n) is 9.02. The highest BCUT2D eigenvalue weighted by Crippen LogP contribution is 2.42. The Balaban J connectivity index is 1.96. The zero-order valence-corrected chi connectivity index (χ0v) is 16.7. The number of halogens is 1. The first-order chi connectivity index (χ1) is 14.8. The average molecular weight is 440 g/mol. The standard InChI is InChI=1S/C21H14ClN3O6/c1-11-9-16(23-31-11)24-18(13-3-2-4-15(10-13)25(29)30)17(20(27)21(24)28)19(26)12-5-7-14(22)8-6-12/h2-10,18,26H,1H3/t18-/m1/s1. The van der Waals surface area contributed by atoms with E-state index in [-0.39, 0.29) is 28.2 Å². The lowest BCUT2D eigenvalue weighted by Gasteiger charge is -2.22. The minimum Gasteiger partial charge on any atom is -0.507 e. The van der Waals surface area contributed by atoms with Crippen molar-refractivity contribution in [3.8, 4) is 0 Å². The molecule has 0 spiro atoms. The second-order valence-corrected chi connectivity index (χ2v) is 7.26. The Bertz CT molecular complexity index is 1250. The number of benzene rings is 2. The Kier molecular flexibility index (Phi) is 5.04. The van der Waals surface area contributed by atoms with Gasteiger partial charge in [0, 0.05) is 28.8 Å². The number of aryl methyl sites for hydroxylation is 1. The molecular formula is C21H14ClN3O6. The summed E-state index contributed by atoms with van der Waals surface area (Å²) >= 11 is 5.90. The van der Waals surface area contributed by atoms with Gasteiger partial charge in [0.05, 0.1) is 16.5 Å². The van der Waals surface area contributed by atoms with Gasteiger partial charge in [-0.2, -0.15) is 0 Å². The van der Waals surface area contributed by atoms with E-state index in [1.165, 1.54) is 54.6 Å². The number of carbonyl (C=O) groups excluding carboxylic acids is 2. The topological polar surface area (TPSA) is 127 Å². The van der Waals surface area contributed by atoms with Gasteiger partial charge in [0.1, 0.15) is 11.5 Å². The quantitative estimate of drug-likeness (QED) is 0.212. The largest absolute Gasteiger partial charge is 0.507 e. The molecule has 0 radical (unpaired) electrons. The number of hydrogen-bond donors (Lipinski definition) is 1. The zero-order chi connectivity index (χ0) is 22.3. The van der Waals surface area contributed by atoms with Crippen LogP contribution in [0.25, 0.3) is 5.76 Å². The van der Waals surface area contributed by atoms with Gasteiger partial charge in [0.15, 0.2) is 5.82 Å². The van der Waals surface area contributed by atoms with Gasteiger partial charge in [0.2, 0.25) is 0 Å². The third-order valence-corrected chi connectivity index (χ3v) is 5.07. The molecule has 0 bridgehead atoms. The number of rotatable bonds is 4. The van der Waals surface area contributed by atoms with Crippen LogP contribution in [0.4, 0.5) is 11.5 Å². The molecule has 31 heavy (non-hydrogen) atoms. The number of amides is 1. The fraction of sp³-hybridized carbons (Fsp3) is 0.0952. The van der Waals surface area contributed by atoms with Crippen LogP contribution < -0.4 is 4.90 Å². The smallest absolute Gasteiger partial charge is 0.301 e. The summed E-state index contributed by atoms with van der Waals surface area (Å²) in [7, 11) is 0. The highest BCUT2D eigenvalue weighted by molar-refractivity contribution is 6.51. The van der Waals surface area contributed by atoms with E-state index in [2.05, 4.69) is 5.16 Å². The predicted molar refractivity (Wildman–Crippen MR) is 111 cm³/mol. The molecule has 1 aromatic heterocycles. The third kappa shape index (κ3) is 3.55. The fourth-order valence-electron chi connectivity index (χ4n) is 3.42. The maximum atomic E-state index is 13.0. The van der Waals surface area contributed by atoms with Crippen LogP contribution in [0, 0.1) is 17.0 Å². The fourth-order valence-corrected chi connectivity index (χ4v) is 3.55. The normalized spacial score (nSPS) is 17.9. The van der Waals surface area contributed by atoms with Gasteiger partial charge in [-0.05, 0) is 36.8 Å². The second kappa shape index (κ2) is 7.69. The molecule has 2 aromatic carbocycles. The molecule has 1 aliphatic rings. The zero-order valence-electron chi connectivity index (χ0n) is 16.0. The number of non-ortho nitro benzene ring substituents is 1. The number of anilines is 1. The molecule has 10 heteroatoms. The van der Waals surface area contributed by atoms with Crippen LogP contribution in [0.15, 0.2) is 64.7 Å². The Morgan fingerprint density at radius 3 is 2.52 bits per heavy atom. The molecule has 1 N–H and O–H groups in total. The Morgan fingerprint density at radius 2 is 1.90 bits per heavy atom. The Morgan fingerprint density at radius 1 is 1.19 bits per heavy atom. The number of nitro groups is 1. The number of nitro benzene ring substituents is 1. The van der Waals surface area contributed by atoms with Crippen LogP contribution >= 0.6 is 11.6 Å². The monoisotopic (exact) mass is 439 g/mol. The predicted octanol–water partition coefficient (Wildman–Crippen LogP) is 4.17. The summed E-state index contributed by atoms with van der Waals surface area (Å²) in [5, 5.41) is 26.5. The third-order valence-electron chi connectivity index (χ3n) is 4.82. The molecule has 3 aromatic rings. The number of nitrogens with zero attached hydrogens (tertiary/aromatic N) is 3. The first-order valence-corrected chi connectivity index (χ1v) is 9.40. The molecular weight excluding hydrogens is 426 g/mol. The van der Waals surface area contributed by atoms with E-state index in [9.17, 15) is 24.8 Å². The minimum absolute atomic E-state index is 0.0475. The number of aliphatic hydroxyl groups excluding tert-OH is 1. The number of Topliss-reactive ketones (excluding diaryl/α,β-unsaturated/α-hetero) is 1. The van der Waals surface area contributed by atoms with Crippen molar-refractivity contribution in [2.45, 2.75) is 13.0 Å². The summed E-state index contributed by atoms with van der Waals surface area (Å²) in [5.74, 6) is -1.89. The Hall–Kier alpha value is -3.98. The van der Waals surface area contributed by atoms with Crippen LogP contribution in [-0.2, 0) is 9.59 Å². The molecule has 1 atom stereocenters. The van der Waals surface area contributed by atoms with Gasteiger partial charge < -0.3 is 9.63 Å². The summed E-state index contributed by atoms with van der Waals surface area (Å²) in [5.41, 5.74) is 0.0538.